The molecule has 9 nitrogen and oxygen atoms in total. The van der Waals surface area contributed by atoms with Gasteiger partial charge in [0.15, 0.2) is 0 Å². The van der Waals surface area contributed by atoms with E-state index in [1.165, 1.54) is 0 Å². The predicted octanol–water partition coefficient (Wildman–Crippen LogP) is 4.28. The van der Waals surface area contributed by atoms with E-state index < -0.39 is 0 Å². The van der Waals surface area contributed by atoms with Gasteiger partial charge in [0.25, 0.3) is 0 Å². The topological polar surface area (TPSA) is 112 Å². The van der Waals surface area contributed by atoms with E-state index in [1.807, 2.05) is 49.3 Å². The number of pyridine rings is 1. The number of nitrogens with one attached hydrogen (secondary N) is 2. The fourth-order valence-corrected chi connectivity index (χ4v) is 4.59. The number of carbonyl (C=O) groups excluding carboxylic acids is 1. The van der Waals surface area contributed by atoms with E-state index >= 15 is 0 Å². The first-order valence-corrected chi connectivity index (χ1v) is 12.6. The lowest BCUT2D eigenvalue weighted by molar-refractivity contribution is -0.116. The largest absolute Gasteiger partial charge is 0.379 e. The number of carbonyl (C=O) groups is 1. The molecule has 1 saturated heterocycles. The first-order chi connectivity index (χ1) is 18.0. The minimum Gasteiger partial charge on any atom is -0.379 e. The number of ether oxygens (including phenoxy) is 1. The number of benzene rings is 1. The number of nitrogens with zero attached hydrogens (tertiary/aromatic N) is 5. The number of amides is 1. The number of rotatable bonds is 8. The minimum absolute atomic E-state index is 0.0920. The van der Waals surface area contributed by atoms with Gasteiger partial charge in [0.1, 0.15) is 11.7 Å². The molecule has 0 bridgehead atoms. The lowest BCUT2D eigenvalue weighted by Crippen LogP contribution is -2.38. The van der Waals surface area contributed by atoms with Crippen molar-refractivity contribution >= 4 is 22.6 Å². The zero-order valence-corrected chi connectivity index (χ0v) is 21.2. The molecule has 1 amide bonds. The Morgan fingerprint density at radius 2 is 2.00 bits per heavy atom. The highest BCUT2D eigenvalue weighted by Crippen LogP contribution is 2.33. The van der Waals surface area contributed by atoms with E-state index in [9.17, 15) is 10.1 Å². The Kier molecular flexibility index (Phi) is 7.30. The maximum absolute atomic E-state index is 12.2. The van der Waals surface area contributed by atoms with Crippen LogP contribution in [0.5, 0.6) is 0 Å². The summed E-state index contributed by atoms with van der Waals surface area (Å²) in [6, 6.07) is 9.84. The molecule has 4 aromatic rings. The number of nitriles is 1. The molecule has 0 unspecified atom stereocenters. The highest BCUT2D eigenvalue weighted by atomic mass is 16.5. The van der Waals surface area contributed by atoms with E-state index in [0.29, 0.717) is 17.7 Å². The van der Waals surface area contributed by atoms with Crippen LogP contribution >= 0.6 is 0 Å². The molecule has 5 rings (SSSR count). The van der Waals surface area contributed by atoms with Crippen molar-refractivity contribution in [3.05, 3.63) is 54.6 Å². The lowest BCUT2D eigenvalue weighted by Gasteiger charge is -2.26. The van der Waals surface area contributed by atoms with Crippen LogP contribution in [0.3, 0.4) is 0 Å². The fourth-order valence-electron chi connectivity index (χ4n) is 4.59. The third kappa shape index (κ3) is 5.71. The van der Waals surface area contributed by atoms with Crippen LogP contribution in [0.15, 0.2) is 49.1 Å². The molecule has 0 saturated carbocycles. The molecule has 1 fully saturated rings. The third-order valence-electron chi connectivity index (χ3n) is 6.57. The van der Waals surface area contributed by atoms with Crippen molar-refractivity contribution in [1.29, 1.82) is 5.26 Å². The molecule has 1 aliphatic rings. The summed E-state index contributed by atoms with van der Waals surface area (Å²) in [6.07, 6.45) is 8.09. The molecule has 9 heteroatoms. The van der Waals surface area contributed by atoms with Gasteiger partial charge in [0.2, 0.25) is 5.91 Å². The summed E-state index contributed by atoms with van der Waals surface area (Å²) in [6.45, 7) is 9.25. The average Bonchev–Trinajstić information content (AvgIpc) is 3.55. The molecule has 2 N–H and O–H groups in total. The van der Waals surface area contributed by atoms with Crippen molar-refractivity contribution in [2.45, 2.75) is 26.8 Å². The van der Waals surface area contributed by atoms with Crippen molar-refractivity contribution in [2.24, 2.45) is 5.92 Å². The van der Waals surface area contributed by atoms with Crippen molar-refractivity contribution < 1.29 is 9.53 Å². The van der Waals surface area contributed by atoms with Crippen molar-refractivity contribution in [3.8, 4) is 28.3 Å². The quantitative estimate of drug-likeness (QED) is 0.376. The number of aromatic amines is 1. The maximum atomic E-state index is 12.2. The molecule has 1 aromatic carbocycles. The van der Waals surface area contributed by atoms with Crippen LogP contribution in [-0.4, -0.2) is 63.4 Å². The van der Waals surface area contributed by atoms with Gasteiger partial charge in [-0.3, -0.25) is 14.4 Å². The summed E-state index contributed by atoms with van der Waals surface area (Å²) in [5.74, 6) is 0.153. The second kappa shape index (κ2) is 10.9. The second-order valence-electron chi connectivity index (χ2n) is 9.79. The Balaban J connectivity index is 1.37. The minimum atomic E-state index is -0.0920. The van der Waals surface area contributed by atoms with E-state index in [-0.39, 0.29) is 11.8 Å². The smallest absolute Gasteiger partial charge is 0.224 e. The number of H-pyrrole nitrogens is 1. The molecular weight excluding hydrogens is 466 g/mol. The van der Waals surface area contributed by atoms with Crippen molar-refractivity contribution in [2.75, 3.05) is 38.2 Å². The molecule has 0 atom stereocenters. The molecule has 0 aliphatic carbocycles. The number of hydrogen-bond acceptors (Lipinski definition) is 6. The van der Waals surface area contributed by atoms with Crippen LogP contribution in [0.25, 0.3) is 33.3 Å². The molecule has 37 heavy (non-hydrogen) atoms. The molecule has 1 aliphatic heterocycles. The summed E-state index contributed by atoms with van der Waals surface area (Å²) in [7, 11) is 0. The molecular formula is C28H31N7O2. The Morgan fingerprint density at radius 1 is 1.16 bits per heavy atom. The van der Waals surface area contributed by atoms with E-state index in [2.05, 4.69) is 43.6 Å². The van der Waals surface area contributed by atoms with Crippen LogP contribution < -0.4 is 5.32 Å². The van der Waals surface area contributed by atoms with Crippen LogP contribution in [0.2, 0.25) is 0 Å². The van der Waals surface area contributed by atoms with Crippen LogP contribution in [-0.2, 0) is 16.1 Å². The van der Waals surface area contributed by atoms with E-state index in [4.69, 9.17) is 4.74 Å². The number of fused-ring (bicyclic) bond motifs is 1. The van der Waals surface area contributed by atoms with Gasteiger partial charge in [-0.25, -0.2) is 4.98 Å². The number of anilines is 1. The highest BCUT2D eigenvalue weighted by Gasteiger charge is 2.15. The van der Waals surface area contributed by atoms with Gasteiger partial charge in [-0.2, -0.15) is 10.4 Å². The van der Waals surface area contributed by atoms with Gasteiger partial charge in [-0.05, 0) is 29.7 Å². The number of hydrogen-bond donors (Lipinski definition) is 2. The van der Waals surface area contributed by atoms with Gasteiger partial charge in [0, 0.05) is 66.7 Å². The summed E-state index contributed by atoms with van der Waals surface area (Å²) in [4.78, 5) is 22.5. The fraction of sp³-hybridized carbons (Fsp3) is 0.357. The number of aromatic nitrogens is 4. The molecule has 0 radical (unpaired) electrons. The standard InChI is InChI=1S/C28H31N7O2/c1-19(2)11-27(36)33-26-4-3-20(12-21(26)14-29)25-17-31-28-24(25)13-22(15-30-28)23-16-32-35(18-23)6-5-34-7-9-37-10-8-34/h3-4,12-13,15-19H,5-11H2,1-2H3,(H,30,31)(H,33,36). The Morgan fingerprint density at radius 3 is 2.78 bits per heavy atom. The zero-order chi connectivity index (χ0) is 25.8. The summed E-state index contributed by atoms with van der Waals surface area (Å²) >= 11 is 0. The lowest BCUT2D eigenvalue weighted by atomic mass is 10.0. The third-order valence-corrected chi connectivity index (χ3v) is 6.57. The van der Waals surface area contributed by atoms with Gasteiger partial charge in [-0.1, -0.05) is 19.9 Å². The average molecular weight is 498 g/mol. The van der Waals surface area contributed by atoms with Gasteiger partial charge in [0.05, 0.1) is 37.2 Å². The highest BCUT2D eigenvalue weighted by molar-refractivity contribution is 5.97. The summed E-state index contributed by atoms with van der Waals surface area (Å²) in [5, 5.41) is 18.1. The van der Waals surface area contributed by atoms with Crippen LogP contribution in [0.1, 0.15) is 25.8 Å². The first-order valence-electron chi connectivity index (χ1n) is 12.6. The van der Waals surface area contributed by atoms with Gasteiger partial charge < -0.3 is 15.0 Å². The van der Waals surface area contributed by atoms with Gasteiger partial charge in [-0.15, -0.1) is 0 Å². The van der Waals surface area contributed by atoms with E-state index in [0.717, 1.165) is 72.7 Å². The van der Waals surface area contributed by atoms with Crippen LogP contribution in [0, 0.1) is 17.2 Å². The van der Waals surface area contributed by atoms with Gasteiger partial charge >= 0.3 is 0 Å². The Bertz CT molecular complexity index is 1440. The molecule has 190 valence electrons. The monoisotopic (exact) mass is 497 g/mol. The zero-order valence-electron chi connectivity index (χ0n) is 21.2. The SMILES string of the molecule is CC(C)CC(=O)Nc1ccc(-c2c[nH]c3ncc(-c4cnn(CCN5CCOCC5)c4)cc23)cc1C#N. The molecule has 3 aromatic heterocycles. The van der Waals surface area contributed by atoms with E-state index in [1.54, 1.807) is 6.07 Å². The van der Waals surface area contributed by atoms with Crippen molar-refractivity contribution in [3.63, 3.8) is 0 Å². The van der Waals surface area contributed by atoms with Crippen molar-refractivity contribution in [1.82, 2.24) is 24.6 Å². The predicted molar refractivity (Wildman–Crippen MR) is 143 cm³/mol. The molecule has 4 heterocycles. The summed E-state index contributed by atoms with van der Waals surface area (Å²) in [5.41, 5.74) is 5.53. The maximum Gasteiger partial charge on any atom is 0.224 e. The molecule has 0 spiro atoms. The Hall–Kier alpha value is -4.00. The normalized spacial score (nSPS) is 14.2. The Labute approximate surface area is 216 Å². The second-order valence-corrected chi connectivity index (χ2v) is 9.79. The summed E-state index contributed by atoms with van der Waals surface area (Å²) < 4.78 is 7.39. The number of morpholine rings is 1. The first kappa shape index (κ1) is 24.7. The van der Waals surface area contributed by atoms with Crippen LogP contribution in [0.4, 0.5) is 5.69 Å².